The lowest BCUT2D eigenvalue weighted by Crippen LogP contribution is -2.54. The summed E-state index contributed by atoms with van der Waals surface area (Å²) in [6.07, 6.45) is 0. The molecular weight excluding hydrogens is 246 g/mol. The van der Waals surface area contributed by atoms with E-state index >= 15 is 0 Å². The van der Waals surface area contributed by atoms with Gasteiger partial charge in [-0.05, 0) is 13.8 Å². The number of rotatable bonds is 2. The van der Waals surface area contributed by atoms with Gasteiger partial charge in [0.05, 0.1) is 13.2 Å². The fraction of sp³-hybridized carbons (Fsp3) is 0.583. The number of amides is 1. The Morgan fingerprint density at radius 3 is 2.89 bits per heavy atom. The molecule has 0 aromatic carbocycles. The number of hydrogen-bond acceptors (Lipinski definition) is 6. The number of morpholine rings is 1. The molecule has 1 atom stereocenters. The minimum absolute atomic E-state index is 0.0889. The first-order chi connectivity index (χ1) is 9.04. The quantitative estimate of drug-likeness (QED) is 0.757. The largest absolute Gasteiger partial charge is 0.383 e. The van der Waals surface area contributed by atoms with Crippen LogP contribution in [-0.2, 0) is 9.53 Å². The first-order valence-corrected chi connectivity index (χ1v) is 6.21. The van der Waals surface area contributed by atoms with Crippen molar-refractivity contribution in [3.63, 3.8) is 0 Å². The summed E-state index contributed by atoms with van der Waals surface area (Å²) in [6.45, 7) is 5.17. The van der Waals surface area contributed by atoms with Crippen molar-refractivity contribution in [3.05, 3.63) is 11.4 Å². The lowest BCUT2D eigenvalue weighted by molar-refractivity contribution is -0.124. The van der Waals surface area contributed by atoms with Gasteiger partial charge in [-0.3, -0.25) is 4.79 Å². The van der Waals surface area contributed by atoms with Gasteiger partial charge in [0, 0.05) is 19.2 Å². The number of hydrogen-bond donors (Lipinski definition) is 2. The maximum atomic E-state index is 11.9. The third-order valence-electron chi connectivity index (χ3n) is 3.22. The van der Waals surface area contributed by atoms with Gasteiger partial charge in [0.2, 0.25) is 5.91 Å². The maximum Gasteiger partial charge on any atom is 0.244 e. The zero-order valence-corrected chi connectivity index (χ0v) is 11.4. The molecule has 7 heteroatoms. The number of aryl methyl sites for hydroxylation is 1. The average Bonchev–Trinajstić information content (AvgIpc) is 2.42. The average molecular weight is 265 g/mol. The van der Waals surface area contributed by atoms with Gasteiger partial charge in [-0.1, -0.05) is 0 Å². The second-order valence-corrected chi connectivity index (χ2v) is 4.50. The van der Waals surface area contributed by atoms with Crippen LogP contribution in [0.5, 0.6) is 0 Å². The monoisotopic (exact) mass is 265 g/mol. The van der Waals surface area contributed by atoms with E-state index in [-0.39, 0.29) is 11.9 Å². The molecule has 0 radical (unpaired) electrons. The van der Waals surface area contributed by atoms with Crippen molar-refractivity contribution >= 4 is 17.5 Å². The summed E-state index contributed by atoms with van der Waals surface area (Å²) < 4.78 is 5.38. The van der Waals surface area contributed by atoms with Crippen LogP contribution in [0.4, 0.5) is 11.6 Å². The molecule has 19 heavy (non-hydrogen) atoms. The fourth-order valence-corrected chi connectivity index (χ4v) is 2.16. The van der Waals surface area contributed by atoms with E-state index in [1.54, 1.807) is 14.0 Å². The predicted octanol–water partition coefficient (Wildman–Crippen LogP) is -0.373. The van der Waals surface area contributed by atoms with Crippen molar-refractivity contribution in [2.45, 2.75) is 19.9 Å². The zero-order valence-electron chi connectivity index (χ0n) is 11.4. The van der Waals surface area contributed by atoms with Crippen molar-refractivity contribution in [1.29, 1.82) is 0 Å². The molecular formula is C12H19N5O2. The van der Waals surface area contributed by atoms with Crippen molar-refractivity contribution in [1.82, 2.24) is 15.3 Å². The molecule has 0 bridgehead atoms. The summed E-state index contributed by atoms with van der Waals surface area (Å²) in [7, 11) is 1.61. The predicted molar refractivity (Wildman–Crippen MR) is 71.9 cm³/mol. The molecule has 1 fully saturated rings. The zero-order chi connectivity index (χ0) is 14.0. The van der Waals surface area contributed by atoms with Crippen LogP contribution in [0.3, 0.4) is 0 Å². The SMILES string of the molecule is CNC(=O)C1COCCN1c1nc(C)nc(N)c1C. The Morgan fingerprint density at radius 1 is 1.47 bits per heavy atom. The number of nitrogens with two attached hydrogens (primary N) is 1. The maximum absolute atomic E-state index is 11.9. The number of aromatic nitrogens is 2. The third kappa shape index (κ3) is 2.60. The van der Waals surface area contributed by atoms with E-state index in [0.717, 1.165) is 5.56 Å². The molecule has 3 N–H and O–H groups in total. The van der Waals surface area contributed by atoms with E-state index in [2.05, 4.69) is 15.3 Å². The van der Waals surface area contributed by atoms with Gasteiger partial charge in [0.1, 0.15) is 23.5 Å². The van der Waals surface area contributed by atoms with Crippen LogP contribution >= 0.6 is 0 Å². The molecule has 0 aliphatic carbocycles. The number of nitrogens with one attached hydrogen (secondary N) is 1. The smallest absolute Gasteiger partial charge is 0.244 e. The molecule has 104 valence electrons. The number of anilines is 2. The number of ether oxygens (including phenoxy) is 1. The topological polar surface area (TPSA) is 93.4 Å². The van der Waals surface area contributed by atoms with E-state index < -0.39 is 0 Å². The van der Waals surface area contributed by atoms with Crippen LogP contribution in [0.2, 0.25) is 0 Å². The highest BCUT2D eigenvalue weighted by Crippen LogP contribution is 2.24. The van der Waals surface area contributed by atoms with E-state index in [0.29, 0.717) is 37.2 Å². The summed E-state index contributed by atoms with van der Waals surface area (Å²) in [5.41, 5.74) is 6.67. The van der Waals surface area contributed by atoms with E-state index in [4.69, 9.17) is 10.5 Å². The normalized spacial score (nSPS) is 19.3. The molecule has 1 amide bonds. The fourth-order valence-electron chi connectivity index (χ4n) is 2.16. The lowest BCUT2D eigenvalue weighted by Gasteiger charge is -2.36. The lowest BCUT2D eigenvalue weighted by atomic mass is 10.1. The summed E-state index contributed by atoms with van der Waals surface area (Å²) in [5, 5.41) is 2.65. The second-order valence-electron chi connectivity index (χ2n) is 4.50. The molecule has 0 spiro atoms. The Kier molecular flexibility index (Phi) is 3.84. The van der Waals surface area contributed by atoms with Crippen LogP contribution in [-0.4, -0.2) is 48.7 Å². The molecule has 1 saturated heterocycles. The molecule has 1 aromatic rings. The highest BCUT2D eigenvalue weighted by Gasteiger charge is 2.31. The number of nitrogen functional groups attached to an aromatic ring is 1. The summed E-state index contributed by atoms with van der Waals surface area (Å²) >= 11 is 0. The molecule has 7 nitrogen and oxygen atoms in total. The highest BCUT2D eigenvalue weighted by molar-refractivity contribution is 5.85. The number of carbonyl (C=O) groups excluding carboxylic acids is 1. The van der Waals surface area contributed by atoms with Crippen LogP contribution in [0.1, 0.15) is 11.4 Å². The molecule has 0 saturated carbocycles. The standard InChI is InChI=1S/C12H19N5O2/c1-7-10(13)15-8(2)16-11(7)17-4-5-19-6-9(17)12(18)14-3/h9H,4-6H2,1-3H3,(H,14,18)(H2,13,15,16). The summed E-state index contributed by atoms with van der Waals surface area (Å²) in [5.74, 6) is 1.67. The van der Waals surface area contributed by atoms with Crippen molar-refractivity contribution < 1.29 is 9.53 Å². The Morgan fingerprint density at radius 2 is 2.21 bits per heavy atom. The summed E-state index contributed by atoms with van der Waals surface area (Å²) in [4.78, 5) is 22.4. The molecule has 1 aliphatic rings. The van der Waals surface area contributed by atoms with Gasteiger partial charge in [-0.2, -0.15) is 0 Å². The first-order valence-electron chi connectivity index (χ1n) is 6.21. The van der Waals surface area contributed by atoms with Gasteiger partial charge in [-0.25, -0.2) is 9.97 Å². The van der Waals surface area contributed by atoms with Crippen LogP contribution < -0.4 is 16.0 Å². The first kappa shape index (κ1) is 13.5. The minimum atomic E-state index is -0.383. The molecule has 1 aromatic heterocycles. The molecule has 1 aliphatic heterocycles. The van der Waals surface area contributed by atoms with Gasteiger partial charge in [0.15, 0.2) is 0 Å². The van der Waals surface area contributed by atoms with E-state index in [9.17, 15) is 4.79 Å². The number of likely N-dealkylation sites (N-methyl/N-ethyl adjacent to an activating group) is 1. The molecule has 1 unspecified atom stereocenters. The van der Waals surface area contributed by atoms with E-state index in [1.807, 2.05) is 11.8 Å². The van der Waals surface area contributed by atoms with Gasteiger partial charge < -0.3 is 20.7 Å². The van der Waals surface area contributed by atoms with Crippen molar-refractivity contribution in [2.24, 2.45) is 0 Å². The minimum Gasteiger partial charge on any atom is -0.383 e. The number of nitrogens with zero attached hydrogens (tertiary/aromatic N) is 3. The highest BCUT2D eigenvalue weighted by atomic mass is 16.5. The molecule has 2 heterocycles. The van der Waals surface area contributed by atoms with Crippen LogP contribution in [0.25, 0.3) is 0 Å². The Bertz CT molecular complexity index is 491. The van der Waals surface area contributed by atoms with E-state index in [1.165, 1.54) is 0 Å². The molecule has 2 rings (SSSR count). The van der Waals surface area contributed by atoms with Gasteiger partial charge >= 0.3 is 0 Å². The Hall–Kier alpha value is -1.89. The Labute approximate surface area is 112 Å². The summed E-state index contributed by atoms with van der Waals surface area (Å²) in [6, 6.07) is -0.383. The van der Waals surface area contributed by atoms with Crippen molar-refractivity contribution in [3.8, 4) is 0 Å². The second kappa shape index (κ2) is 5.40. The van der Waals surface area contributed by atoms with Crippen LogP contribution in [0.15, 0.2) is 0 Å². The van der Waals surface area contributed by atoms with Gasteiger partial charge in [-0.15, -0.1) is 0 Å². The Balaban J connectivity index is 2.40. The third-order valence-corrected chi connectivity index (χ3v) is 3.22. The number of carbonyl (C=O) groups is 1. The van der Waals surface area contributed by atoms with Crippen molar-refractivity contribution in [2.75, 3.05) is 37.4 Å². The van der Waals surface area contributed by atoms with Crippen LogP contribution in [0, 0.1) is 13.8 Å². The van der Waals surface area contributed by atoms with Gasteiger partial charge in [0.25, 0.3) is 0 Å².